The molecule has 1 aliphatic heterocycles. The summed E-state index contributed by atoms with van der Waals surface area (Å²) in [7, 11) is 0. The molecule has 1 heterocycles. The summed E-state index contributed by atoms with van der Waals surface area (Å²) in [6.45, 7) is 6.75. The van der Waals surface area contributed by atoms with E-state index in [2.05, 4.69) is 48.3 Å². The molecule has 116 valence electrons. The van der Waals surface area contributed by atoms with Crippen LogP contribution in [-0.4, -0.2) is 34.2 Å². The molecule has 0 radical (unpaired) electrons. The van der Waals surface area contributed by atoms with Gasteiger partial charge in [-0.25, -0.2) is 0 Å². The van der Waals surface area contributed by atoms with Crippen LogP contribution in [0.3, 0.4) is 0 Å². The summed E-state index contributed by atoms with van der Waals surface area (Å²) in [5, 5.41) is 13.6. The van der Waals surface area contributed by atoms with Crippen LogP contribution in [0.5, 0.6) is 0 Å². The van der Waals surface area contributed by atoms with Crippen molar-refractivity contribution in [2.24, 2.45) is 0 Å². The van der Waals surface area contributed by atoms with Crippen LogP contribution >= 0.6 is 0 Å². The molecule has 0 saturated heterocycles. The Balaban J connectivity index is 1.70. The molecular weight excluding hydrogens is 260 g/mol. The first-order valence-corrected chi connectivity index (χ1v) is 8.31. The van der Waals surface area contributed by atoms with Gasteiger partial charge in [-0.1, -0.05) is 38.1 Å². The first-order valence-electron chi connectivity index (χ1n) is 8.31. The third kappa shape index (κ3) is 3.15. The second kappa shape index (κ2) is 6.07. The highest BCUT2D eigenvalue weighted by Crippen LogP contribution is 2.35. The third-order valence-corrected chi connectivity index (χ3v) is 5.10. The molecule has 0 aromatic heterocycles. The van der Waals surface area contributed by atoms with Crippen LogP contribution in [0.2, 0.25) is 0 Å². The van der Waals surface area contributed by atoms with Crippen LogP contribution in [-0.2, 0) is 13.1 Å². The summed E-state index contributed by atoms with van der Waals surface area (Å²) >= 11 is 0. The second-order valence-electron chi connectivity index (χ2n) is 7.16. The van der Waals surface area contributed by atoms with Gasteiger partial charge < -0.3 is 10.4 Å². The maximum Gasteiger partial charge on any atom is 0.0613 e. The maximum atomic E-state index is 9.94. The van der Waals surface area contributed by atoms with Gasteiger partial charge in [-0.3, -0.25) is 4.90 Å². The van der Waals surface area contributed by atoms with Crippen molar-refractivity contribution in [3.63, 3.8) is 0 Å². The van der Waals surface area contributed by atoms with Crippen LogP contribution in [0.25, 0.3) is 0 Å². The van der Waals surface area contributed by atoms with Crippen molar-refractivity contribution in [3.05, 3.63) is 35.4 Å². The monoisotopic (exact) mass is 288 g/mol. The number of hydrogen-bond acceptors (Lipinski definition) is 3. The van der Waals surface area contributed by atoms with Crippen molar-refractivity contribution >= 4 is 0 Å². The molecule has 2 atom stereocenters. The second-order valence-corrected chi connectivity index (χ2v) is 7.16. The van der Waals surface area contributed by atoms with E-state index >= 15 is 0 Å². The van der Waals surface area contributed by atoms with E-state index in [0.717, 1.165) is 25.9 Å². The molecule has 0 amide bonds. The minimum absolute atomic E-state index is 0.0775. The van der Waals surface area contributed by atoms with E-state index in [4.69, 9.17) is 0 Å². The van der Waals surface area contributed by atoms with Crippen molar-refractivity contribution in [3.8, 4) is 0 Å². The van der Waals surface area contributed by atoms with Gasteiger partial charge in [-0.15, -0.1) is 0 Å². The molecule has 1 saturated carbocycles. The molecule has 2 aliphatic rings. The van der Waals surface area contributed by atoms with Crippen molar-refractivity contribution in [2.45, 2.75) is 70.2 Å². The normalized spacial score (nSPS) is 29.8. The van der Waals surface area contributed by atoms with Gasteiger partial charge in [0.15, 0.2) is 0 Å². The molecule has 3 rings (SSSR count). The summed E-state index contributed by atoms with van der Waals surface area (Å²) < 4.78 is 0. The first kappa shape index (κ1) is 15.0. The van der Waals surface area contributed by atoms with Crippen LogP contribution in [0, 0.1) is 0 Å². The van der Waals surface area contributed by atoms with Gasteiger partial charge in [-0.05, 0) is 36.8 Å². The average Bonchev–Trinajstić information content (AvgIpc) is 2.91. The van der Waals surface area contributed by atoms with E-state index in [1.165, 1.54) is 24.0 Å². The third-order valence-electron chi connectivity index (χ3n) is 5.10. The SMILES string of the molecule is CC(C)NC1(CO)CCCC(N2Cc3ccccc3C2)C1. The number of nitrogens with zero attached hydrogens (tertiary/aromatic N) is 1. The molecule has 1 fully saturated rings. The fraction of sp³-hybridized carbons (Fsp3) is 0.667. The van der Waals surface area contributed by atoms with Crippen LogP contribution in [0.4, 0.5) is 0 Å². The molecule has 1 aromatic rings. The maximum absolute atomic E-state index is 9.94. The molecule has 2 unspecified atom stereocenters. The summed E-state index contributed by atoms with van der Waals surface area (Å²) in [6.07, 6.45) is 4.63. The fourth-order valence-corrected chi connectivity index (χ4v) is 4.19. The molecular formula is C18H28N2O. The molecule has 3 nitrogen and oxygen atoms in total. The van der Waals surface area contributed by atoms with Crippen molar-refractivity contribution in [1.29, 1.82) is 0 Å². The van der Waals surface area contributed by atoms with Gasteiger partial charge in [0.1, 0.15) is 0 Å². The first-order chi connectivity index (χ1) is 10.1. The number of rotatable bonds is 4. The number of nitrogens with one attached hydrogen (secondary N) is 1. The Morgan fingerprint density at radius 2 is 1.95 bits per heavy atom. The summed E-state index contributed by atoms with van der Waals surface area (Å²) in [6, 6.07) is 9.80. The minimum Gasteiger partial charge on any atom is -0.394 e. The lowest BCUT2D eigenvalue weighted by Gasteiger charge is -2.44. The highest BCUT2D eigenvalue weighted by molar-refractivity contribution is 5.30. The number of hydrogen-bond donors (Lipinski definition) is 2. The predicted molar refractivity (Wildman–Crippen MR) is 86.0 cm³/mol. The fourth-order valence-electron chi connectivity index (χ4n) is 4.19. The molecule has 1 aliphatic carbocycles. The summed E-state index contributed by atoms with van der Waals surface area (Å²) in [5.41, 5.74) is 2.88. The largest absolute Gasteiger partial charge is 0.394 e. The zero-order valence-electron chi connectivity index (χ0n) is 13.3. The van der Waals surface area contributed by atoms with Gasteiger partial charge in [0.2, 0.25) is 0 Å². The molecule has 3 heteroatoms. The Morgan fingerprint density at radius 1 is 1.29 bits per heavy atom. The number of fused-ring (bicyclic) bond motifs is 1. The van der Waals surface area contributed by atoms with E-state index in [0.29, 0.717) is 12.1 Å². The molecule has 2 N–H and O–H groups in total. The molecule has 1 aromatic carbocycles. The lowest BCUT2D eigenvalue weighted by Crippen LogP contribution is -2.57. The smallest absolute Gasteiger partial charge is 0.0613 e. The van der Waals surface area contributed by atoms with Crippen molar-refractivity contribution in [2.75, 3.05) is 6.61 Å². The topological polar surface area (TPSA) is 35.5 Å². The Bertz CT molecular complexity index is 463. The van der Waals surface area contributed by atoms with E-state index in [1.807, 2.05) is 0 Å². The zero-order valence-corrected chi connectivity index (χ0v) is 13.3. The van der Waals surface area contributed by atoms with Crippen LogP contribution < -0.4 is 5.32 Å². The molecule has 0 bridgehead atoms. The Labute approximate surface area is 128 Å². The summed E-state index contributed by atoms with van der Waals surface area (Å²) in [5.74, 6) is 0. The number of aliphatic hydroxyl groups is 1. The Hall–Kier alpha value is -0.900. The van der Waals surface area contributed by atoms with Crippen LogP contribution in [0.15, 0.2) is 24.3 Å². The van der Waals surface area contributed by atoms with E-state index in [9.17, 15) is 5.11 Å². The zero-order chi connectivity index (χ0) is 14.9. The van der Waals surface area contributed by atoms with Gasteiger partial charge in [0.25, 0.3) is 0 Å². The van der Waals surface area contributed by atoms with Crippen LogP contribution in [0.1, 0.15) is 50.7 Å². The van der Waals surface area contributed by atoms with Gasteiger partial charge in [0.05, 0.1) is 6.61 Å². The van der Waals surface area contributed by atoms with Gasteiger partial charge >= 0.3 is 0 Å². The Morgan fingerprint density at radius 3 is 2.52 bits per heavy atom. The molecule has 21 heavy (non-hydrogen) atoms. The van der Waals surface area contributed by atoms with E-state index in [-0.39, 0.29) is 12.1 Å². The number of aliphatic hydroxyl groups excluding tert-OH is 1. The summed E-state index contributed by atoms with van der Waals surface area (Å²) in [4.78, 5) is 2.61. The minimum atomic E-state index is -0.0775. The quantitative estimate of drug-likeness (QED) is 0.894. The van der Waals surface area contributed by atoms with Gasteiger partial charge in [-0.2, -0.15) is 0 Å². The highest BCUT2D eigenvalue weighted by atomic mass is 16.3. The highest BCUT2D eigenvalue weighted by Gasteiger charge is 2.39. The van der Waals surface area contributed by atoms with Crippen molar-refractivity contribution in [1.82, 2.24) is 10.2 Å². The lowest BCUT2D eigenvalue weighted by atomic mass is 9.78. The van der Waals surface area contributed by atoms with E-state index in [1.54, 1.807) is 0 Å². The standard InChI is InChI=1S/C18H28N2O/c1-14(2)19-18(13-21)9-5-8-17(10-18)20-11-15-6-3-4-7-16(15)12-20/h3-4,6-7,14,17,19,21H,5,8-13H2,1-2H3. The average molecular weight is 288 g/mol. The molecule has 0 spiro atoms. The van der Waals surface area contributed by atoms with Crippen molar-refractivity contribution < 1.29 is 5.11 Å². The lowest BCUT2D eigenvalue weighted by molar-refractivity contribution is 0.0527. The van der Waals surface area contributed by atoms with Gasteiger partial charge in [0, 0.05) is 30.7 Å². The Kier molecular flexibility index (Phi) is 4.34. The predicted octanol–water partition coefficient (Wildman–Crippen LogP) is 2.67. The number of benzene rings is 1. The van der Waals surface area contributed by atoms with E-state index < -0.39 is 0 Å².